The molecule has 0 aliphatic heterocycles. The fourth-order valence-corrected chi connectivity index (χ4v) is 3.24. The van der Waals surface area contributed by atoms with Gasteiger partial charge in [-0.1, -0.05) is 6.92 Å². The fraction of sp³-hybridized carbons (Fsp3) is 0.800. The van der Waals surface area contributed by atoms with Gasteiger partial charge in [0.1, 0.15) is 0 Å². The summed E-state index contributed by atoms with van der Waals surface area (Å²) in [4.78, 5) is 20.3. The first-order valence-corrected chi connectivity index (χ1v) is 8.52. The number of hydrogen-bond donors (Lipinski definition) is 4. The third-order valence-corrected chi connectivity index (χ3v) is 5.66. The van der Waals surface area contributed by atoms with Gasteiger partial charge in [0.05, 0.1) is 0 Å². The summed E-state index contributed by atoms with van der Waals surface area (Å²) >= 11 is 11.0. The smallest absolute Gasteiger partial charge is 0.329 e. The van der Waals surface area contributed by atoms with Gasteiger partial charge in [-0.3, -0.25) is 4.79 Å². The van der Waals surface area contributed by atoms with Crippen molar-refractivity contribution in [1.29, 1.82) is 0 Å². The van der Waals surface area contributed by atoms with E-state index in [1.54, 1.807) is 13.8 Å². The lowest BCUT2D eigenvalue weighted by molar-refractivity contribution is -0.137. The zero-order valence-electron chi connectivity index (χ0n) is 10.5. The minimum atomic E-state index is -0.772. The average molecular weight is 333 g/mol. The van der Waals surface area contributed by atoms with Gasteiger partial charge in [0, 0.05) is 17.9 Å². The molecule has 0 saturated heterocycles. The molecule has 0 aromatic heterocycles. The van der Waals surface area contributed by atoms with E-state index < -0.39 is 16.0 Å². The van der Waals surface area contributed by atoms with Gasteiger partial charge in [-0.25, -0.2) is 4.79 Å². The largest absolute Gasteiger partial charge is 0.481 e. The Kier molecular flexibility index (Phi) is 14.2. The van der Waals surface area contributed by atoms with Crippen molar-refractivity contribution in [2.45, 2.75) is 24.3 Å². The van der Waals surface area contributed by atoms with Gasteiger partial charge in [0.2, 0.25) is 0 Å². The molecule has 0 rings (SSSR count). The summed E-state index contributed by atoms with van der Waals surface area (Å²) in [5.41, 5.74) is 0. The number of carboxylic acids is 2. The van der Waals surface area contributed by atoms with Gasteiger partial charge < -0.3 is 10.2 Å². The quantitative estimate of drug-likeness (QED) is 0.404. The molecule has 0 fully saturated rings. The monoisotopic (exact) mass is 332 g/mol. The number of thioether (sulfide) groups is 2. The van der Waals surface area contributed by atoms with Crippen LogP contribution in [0.5, 0.6) is 0 Å². The molecule has 2 N–H and O–H groups in total. The molecule has 0 aliphatic rings. The maximum atomic E-state index is 10.9. The Morgan fingerprint density at radius 2 is 1.44 bits per heavy atom. The van der Waals surface area contributed by atoms with E-state index in [4.69, 9.17) is 10.2 Å². The summed E-state index contributed by atoms with van der Waals surface area (Å²) in [7, 11) is 0. The number of carbonyl (C=O) groups is 2. The SMILES string of the molecule is CC(SCCS)(SCCS)C(=O)O.CCC(=O)O. The molecular weight excluding hydrogens is 312 g/mol. The van der Waals surface area contributed by atoms with E-state index in [0.717, 1.165) is 11.5 Å². The van der Waals surface area contributed by atoms with E-state index in [1.807, 2.05) is 0 Å². The van der Waals surface area contributed by atoms with E-state index in [-0.39, 0.29) is 6.42 Å². The Bertz CT molecular complexity index is 240. The minimum absolute atomic E-state index is 0.222. The predicted molar refractivity (Wildman–Crippen MR) is 86.6 cm³/mol. The van der Waals surface area contributed by atoms with Crippen molar-refractivity contribution in [3.8, 4) is 0 Å². The van der Waals surface area contributed by atoms with Crippen molar-refractivity contribution < 1.29 is 19.8 Å². The number of thiol groups is 2. The van der Waals surface area contributed by atoms with Gasteiger partial charge in [-0.15, -0.1) is 23.5 Å². The standard InChI is InChI=1S/C7H14O2S4.C3H6O2/c1-7(6(8)9,12-4-2-10)13-5-3-11;1-2-3(4)5/h10-11H,2-5H2,1H3,(H,8,9);2H2,1H3,(H,4,5). The molecule has 8 heteroatoms. The summed E-state index contributed by atoms with van der Waals surface area (Å²) in [6, 6.07) is 0. The molecule has 0 aliphatic carbocycles. The van der Waals surface area contributed by atoms with Gasteiger partial charge in [-0.2, -0.15) is 25.3 Å². The van der Waals surface area contributed by atoms with Crippen molar-refractivity contribution in [3.05, 3.63) is 0 Å². The molecule has 0 unspecified atom stereocenters. The number of hydrogen-bond acceptors (Lipinski definition) is 6. The average Bonchev–Trinajstić information content (AvgIpc) is 2.34. The lowest BCUT2D eigenvalue weighted by atomic mass is 10.5. The molecule has 0 heterocycles. The summed E-state index contributed by atoms with van der Waals surface area (Å²) < 4.78 is -0.745. The van der Waals surface area contributed by atoms with Crippen molar-refractivity contribution in [2.24, 2.45) is 0 Å². The van der Waals surface area contributed by atoms with Crippen molar-refractivity contribution in [2.75, 3.05) is 23.0 Å². The number of aliphatic carboxylic acids is 2. The molecular formula is C10H20O4S4. The third-order valence-electron chi connectivity index (χ3n) is 1.63. The molecule has 0 atom stereocenters. The molecule has 0 amide bonds. The second kappa shape index (κ2) is 12.4. The molecule has 0 radical (unpaired) electrons. The van der Waals surface area contributed by atoms with Gasteiger partial charge in [-0.05, 0) is 18.4 Å². The van der Waals surface area contributed by atoms with Crippen LogP contribution in [-0.4, -0.2) is 49.2 Å². The highest BCUT2D eigenvalue weighted by atomic mass is 32.2. The zero-order valence-corrected chi connectivity index (χ0v) is 13.9. The van der Waals surface area contributed by atoms with Crippen LogP contribution in [0.3, 0.4) is 0 Å². The molecule has 108 valence electrons. The lowest BCUT2D eigenvalue weighted by Gasteiger charge is -2.22. The van der Waals surface area contributed by atoms with Crippen LogP contribution in [0.4, 0.5) is 0 Å². The molecule has 0 aromatic carbocycles. The third kappa shape index (κ3) is 11.4. The Hall–Kier alpha value is 0.340. The first-order chi connectivity index (χ1) is 8.33. The van der Waals surface area contributed by atoms with Crippen molar-refractivity contribution >= 4 is 60.7 Å². The highest BCUT2D eigenvalue weighted by Gasteiger charge is 2.33. The molecule has 0 spiro atoms. The number of rotatable bonds is 8. The highest BCUT2D eigenvalue weighted by molar-refractivity contribution is 8.19. The molecule has 0 aromatic rings. The van der Waals surface area contributed by atoms with Crippen molar-refractivity contribution in [1.82, 2.24) is 0 Å². The molecule has 0 bridgehead atoms. The summed E-state index contributed by atoms with van der Waals surface area (Å²) in [5.74, 6) is 1.40. The second-order valence-electron chi connectivity index (χ2n) is 3.14. The van der Waals surface area contributed by atoms with E-state index in [9.17, 15) is 9.59 Å². The van der Waals surface area contributed by atoms with Crippen LogP contribution in [-0.2, 0) is 9.59 Å². The highest BCUT2D eigenvalue weighted by Crippen LogP contribution is 2.37. The second-order valence-corrected chi connectivity index (χ2v) is 7.32. The zero-order chi connectivity index (χ0) is 14.6. The van der Waals surface area contributed by atoms with Crippen LogP contribution in [0.15, 0.2) is 0 Å². The first-order valence-electron chi connectivity index (χ1n) is 5.28. The summed E-state index contributed by atoms with van der Waals surface area (Å²) in [6.07, 6.45) is 0.222. The van der Waals surface area contributed by atoms with Crippen molar-refractivity contribution in [3.63, 3.8) is 0 Å². The minimum Gasteiger partial charge on any atom is -0.481 e. The van der Waals surface area contributed by atoms with Crippen LogP contribution < -0.4 is 0 Å². The van der Waals surface area contributed by atoms with Gasteiger partial charge in [0.15, 0.2) is 4.08 Å². The van der Waals surface area contributed by atoms with Crippen LogP contribution >= 0.6 is 48.8 Å². The summed E-state index contributed by atoms with van der Waals surface area (Å²) in [5, 5.41) is 16.7. The van der Waals surface area contributed by atoms with Gasteiger partial charge >= 0.3 is 11.9 Å². The number of carboxylic acid groups (broad SMARTS) is 2. The van der Waals surface area contributed by atoms with E-state index in [0.29, 0.717) is 11.5 Å². The summed E-state index contributed by atoms with van der Waals surface area (Å²) in [6.45, 7) is 3.33. The van der Waals surface area contributed by atoms with Crippen LogP contribution in [0.1, 0.15) is 20.3 Å². The Morgan fingerprint density at radius 3 is 1.61 bits per heavy atom. The van der Waals surface area contributed by atoms with Crippen LogP contribution in [0.2, 0.25) is 0 Å². The lowest BCUT2D eigenvalue weighted by Crippen LogP contribution is -2.28. The Balaban J connectivity index is 0. The van der Waals surface area contributed by atoms with E-state index in [2.05, 4.69) is 25.3 Å². The molecule has 18 heavy (non-hydrogen) atoms. The maximum absolute atomic E-state index is 10.9. The van der Waals surface area contributed by atoms with E-state index in [1.165, 1.54) is 23.5 Å². The normalized spacial score (nSPS) is 10.4. The van der Waals surface area contributed by atoms with Crippen LogP contribution in [0.25, 0.3) is 0 Å². The molecule has 0 saturated carbocycles. The fourth-order valence-electron chi connectivity index (χ4n) is 0.646. The van der Waals surface area contributed by atoms with E-state index >= 15 is 0 Å². The topological polar surface area (TPSA) is 74.6 Å². The Morgan fingerprint density at radius 1 is 1.11 bits per heavy atom. The van der Waals surface area contributed by atoms with Gasteiger partial charge in [0.25, 0.3) is 0 Å². The first kappa shape index (κ1) is 20.7. The predicted octanol–water partition coefficient (Wildman–Crippen LogP) is 2.59. The Labute approximate surface area is 127 Å². The molecule has 4 nitrogen and oxygen atoms in total. The maximum Gasteiger partial charge on any atom is 0.329 e. The van der Waals surface area contributed by atoms with Crippen LogP contribution in [0, 0.1) is 0 Å².